The minimum atomic E-state index is -0.414. The third-order valence-corrected chi connectivity index (χ3v) is 3.06. The number of amides is 1. The number of hydrogen-bond acceptors (Lipinski definition) is 3. The maximum absolute atomic E-state index is 12.8. The van der Waals surface area contributed by atoms with Crippen LogP contribution >= 0.6 is 23.8 Å². The number of carbonyl (C=O) groups excluding carboxylic acids is 1. The van der Waals surface area contributed by atoms with Gasteiger partial charge in [-0.2, -0.15) is 0 Å². The van der Waals surface area contributed by atoms with E-state index in [4.69, 9.17) is 28.6 Å². The standard InChI is InChI=1S/C15H13ClFN3O2S/c16-10-1-7-13(8-2-10)22-9-14(21)19-20-15(23)18-12-5-3-11(17)4-6-12/h1-8H,9H2,(H,19,21)(H2,18,20,23). The Hall–Kier alpha value is -2.38. The lowest BCUT2D eigenvalue weighted by atomic mass is 10.3. The van der Waals surface area contributed by atoms with Crippen molar-refractivity contribution in [3.8, 4) is 5.75 Å². The van der Waals surface area contributed by atoms with Crippen molar-refractivity contribution in [1.82, 2.24) is 10.9 Å². The van der Waals surface area contributed by atoms with Crippen molar-refractivity contribution in [2.24, 2.45) is 0 Å². The number of hydrogen-bond donors (Lipinski definition) is 3. The van der Waals surface area contributed by atoms with Gasteiger partial charge in [0.05, 0.1) is 0 Å². The van der Waals surface area contributed by atoms with Gasteiger partial charge in [0.25, 0.3) is 5.91 Å². The molecule has 3 N–H and O–H groups in total. The van der Waals surface area contributed by atoms with Crippen LogP contribution in [0.5, 0.6) is 5.75 Å². The van der Waals surface area contributed by atoms with Gasteiger partial charge in [-0.1, -0.05) is 11.6 Å². The van der Waals surface area contributed by atoms with Crippen LogP contribution in [0.15, 0.2) is 48.5 Å². The number of rotatable bonds is 4. The Morgan fingerprint density at radius 1 is 1.09 bits per heavy atom. The number of carbonyl (C=O) groups is 1. The van der Waals surface area contributed by atoms with E-state index in [0.29, 0.717) is 16.5 Å². The summed E-state index contributed by atoms with van der Waals surface area (Å²) in [6.45, 7) is -0.187. The molecule has 5 nitrogen and oxygen atoms in total. The second-order valence-electron chi connectivity index (χ2n) is 4.38. The molecule has 0 spiro atoms. The fourth-order valence-corrected chi connectivity index (χ4v) is 1.83. The maximum atomic E-state index is 12.8. The second kappa shape index (κ2) is 8.30. The maximum Gasteiger partial charge on any atom is 0.276 e. The summed E-state index contributed by atoms with van der Waals surface area (Å²) in [5, 5.41) is 3.54. The van der Waals surface area contributed by atoms with Crippen LogP contribution < -0.4 is 20.9 Å². The van der Waals surface area contributed by atoms with Crippen molar-refractivity contribution >= 4 is 40.5 Å². The van der Waals surface area contributed by atoms with E-state index in [-0.39, 0.29) is 17.5 Å². The summed E-state index contributed by atoms with van der Waals surface area (Å²) in [6, 6.07) is 12.3. The first-order valence-electron chi connectivity index (χ1n) is 6.53. The van der Waals surface area contributed by atoms with Gasteiger partial charge >= 0.3 is 0 Å². The van der Waals surface area contributed by atoms with Crippen LogP contribution in [0, 0.1) is 5.82 Å². The monoisotopic (exact) mass is 353 g/mol. The van der Waals surface area contributed by atoms with Crippen molar-refractivity contribution in [3.63, 3.8) is 0 Å². The molecule has 0 aliphatic heterocycles. The van der Waals surface area contributed by atoms with E-state index in [9.17, 15) is 9.18 Å². The fraction of sp³-hybridized carbons (Fsp3) is 0.0667. The minimum absolute atomic E-state index is 0.163. The predicted molar refractivity (Wildman–Crippen MR) is 90.8 cm³/mol. The number of anilines is 1. The van der Waals surface area contributed by atoms with Gasteiger partial charge in [0.1, 0.15) is 11.6 Å². The highest BCUT2D eigenvalue weighted by Gasteiger charge is 2.04. The van der Waals surface area contributed by atoms with E-state index in [1.54, 1.807) is 24.3 Å². The van der Waals surface area contributed by atoms with Crippen molar-refractivity contribution < 1.29 is 13.9 Å². The topological polar surface area (TPSA) is 62.4 Å². The smallest absolute Gasteiger partial charge is 0.276 e. The Kier molecular flexibility index (Phi) is 6.13. The minimum Gasteiger partial charge on any atom is -0.484 e. The third kappa shape index (κ3) is 6.09. The molecule has 0 aliphatic rings. The third-order valence-electron chi connectivity index (χ3n) is 2.60. The zero-order valence-electron chi connectivity index (χ0n) is 11.8. The summed E-state index contributed by atoms with van der Waals surface area (Å²) < 4.78 is 18.0. The molecule has 120 valence electrons. The first kappa shape index (κ1) is 17.0. The van der Waals surface area contributed by atoms with Gasteiger partial charge in [-0.3, -0.25) is 15.6 Å². The van der Waals surface area contributed by atoms with Gasteiger partial charge in [0, 0.05) is 10.7 Å². The van der Waals surface area contributed by atoms with Crippen LogP contribution in [0.3, 0.4) is 0 Å². The van der Waals surface area contributed by atoms with Gasteiger partial charge in [0.2, 0.25) is 0 Å². The highest BCUT2D eigenvalue weighted by Crippen LogP contribution is 2.15. The molecule has 2 aromatic rings. The van der Waals surface area contributed by atoms with Crippen LogP contribution in [0.4, 0.5) is 10.1 Å². The summed E-state index contributed by atoms with van der Waals surface area (Å²) in [4.78, 5) is 11.6. The first-order chi connectivity index (χ1) is 11.0. The zero-order valence-corrected chi connectivity index (χ0v) is 13.4. The molecule has 0 radical (unpaired) electrons. The molecular formula is C15H13ClFN3O2S. The Balaban J connectivity index is 1.70. The molecule has 0 bridgehead atoms. The predicted octanol–water partition coefficient (Wildman–Crippen LogP) is 2.88. The molecular weight excluding hydrogens is 341 g/mol. The largest absolute Gasteiger partial charge is 0.484 e. The lowest BCUT2D eigenvalue weighted by molar-refractivity contribution is -0.123. The average Bonchev–Trinajstić information content (AvgIpc) is 2.54. The Morgan fingerprint density at radius 3 is 2.39 bits per heavy atom. The molecule has 0 atom stereocenters. The molecule has 0 aliphatic carbocycles. The number of halogens is 2. The quantitative estimate of drug-likeness (QED) is 0.583. The number of thiocarbonyl (C=S) groups is 1. The number of nitrogens with one attached hydrogen (secondary N) is 3. The second-order valence-corrected chi connectivity index (χ2v) is 5.22. The Bertz CT molecular complexity index is 680. The Morgan fingerprint density at radius 2 is 1.74 bits per heavy atom. The summed E-state index contributed by atoms with van der Waals surface area (Å²) in [7, 11) is 0. The van der Waals surface area contributed by atoms with Crippen LogP contribution in [0.2, 0.25) is 5.02 Å². The summed E-state index contributed by atoms with van der Waals surface area (Å²) in [6.07, 6.45) is 0. The van der Waals surface area contributed by atoms with Gasteiger partial charge < -0.3 is 10.1 Å². The molecule has 0 saturated heterocycles. The van der Waals surface area contributed by atoms with E-state index < -0.39 is 5.91 Å². The van der Waals surface area contributed by atoms with Crippen molar-refractivity contribution in [1.29, 1.82) is 0 Å². The zero-order chi connectivity index (χ0) is 16.7. The van der Waals surface area contributed by atoms with Crippen LogP contribution in [-0.4, -0.2) is 17.6 Å². The SMILES string of the molecule is O=C(COc1ccc(Cl)cc1)NNC(=S)Nc1ccc(F)cc1. The van der Waals surface area contributed by atoms with Gasteiger partial charge in [-0.05, 0) is 60.7 Å². The normalized spacial score (nSPS) is 9.83. The summed E-state index contributed by atoms with van der Waals surface area (Å²) >= 11 is 10.7. The molecule has 0 aromatic heterocycles. The lowest BCUT2D eigenvalue weighted by Gasteiger charge is -2.12. The molecule has 23 heavy (non-hydrogen) atoms. The molecule has 0 heterocycles. The summed E-state index contributed by atoms with van der Waals surface area (Å²) in [5.74, 6) is -0.234. The molecule has 0 saturated carbocycles. The Labute approximate surface area is 142 Å². The van der Waals surface area contributed by atoms with E-state index in [1.807, 2.05) is 0 Å². The van der Waals surface area contributed by atoms with Gasteiger partial charge in [-0.25, -0.2) is 4.39 Å². The van der Waals surface area contributed by atoms with Crippen molar-refractivity contribution in [2.45, 2.75) is 0 Å². The fourth-order valence-electron chi connectivity index (χ4n) is 1.54. The summed E-state index contributed by atoms with van der Waals surface area (Å²) in [5.41, 5.74) is 5.49. The first-order valence-corrected chi connectivity index (χ1v) is 7.31. The highest BCUT2D eigenvalue weighted by molar-refractivity contribution is 7.80. The van der Waals surface area contributed by atoms with E-state index >= 15 is 0 Å². The van der Waals surface area contributed by atoms with Crippen LogP contribution in [0.25, 0.3) is 0 Å². The van der Waals surface area contributed by atoms with Gasteiger partial charge in [-0.15, -0.1) is 0 Å². The van der Waals surface area contributed by atoms with Gasteiger partial charge in [0.15, 0.2) is 11.7 Å². The molecule has 0 fully saturated rings. The van der Waals surface area contributed by atoms with E-state index in [2.05, 4.69) is 16.2 Å². The highest BCUT2D eigenvalue weighted by atomic mass is 35.5. The number of benzene rings is 2. The molecule has 1 amide bonds. The molecule has 0 unspecified atom stereocenters. The average molecular weight is 354 g/mol. The van der Waals surface area contributed by atoms with E-state index in [0.717, 1.165) is 0 Å². The van der Waals surface area contributed by atoms with Crippen molar-refractivity contribution in [2.75, 3.05) is 11.9 Å². The number of hydrazine groups is 1. The van der Waals surface area contributed by atoms with Crippen LogP contribution in [-0.2, 0) is 4.79 Å². The van der Waals surface area contributed by atoms with Crippen LogP contribution in [0.1, 0.15) is 0 Å². The lowest BCUT2D eigenvalue weighted by Crippen LogP contribution is -2.45. The van der Waals surface area contributed by atoms with E-state index in [1.165, 1.54) is 24.3 Å². The number of ether oxygens (including phenoxy) is 1. The molecule has 2 aromatic carbocycles. The molecule has 2 rings (SSSR count). The van der Waals surface area contributed by atoms with Crippen molar-refractivity contribution in [3.05, 3.63) is 59.4 Å². The molecule has 8 heteroatoms.